The third kappa shape index (κ3) is 4.92. The molecule has 2 rings (SSSR count). The molecule has 2 aromatic rings. The van der Waals surface area contributed by atoms with Crippen LogP contribution in [0.2, 0.25) is 0 Å². The zero-order chi connectivity index (χ0) is 20.0. The van der Waals surface area contributed by atoms with E-state index in [0.717, 1.165) is 11.3 Å². The Morgan fingerprint density at radius 3 is 1.96 bits per heavy atom. The van der Waals surface area contributed by atoms with Crippen LogP contribution in [0.15, 0.2) is 42.5 Å². The Kier molecular flexibility index (Phi) is 7.07. The summed E-state index contributed by atoms with van der Waals surface area (Å²) in [5, 5.41) is 3.01. The van der Waals surface area contributed by atoms with Crippen LogP contribution in [-0.4, -0.2) is 59.8 Å². The molecule has 0 unspecified atom stereocenters. The van der Waals surface area contributed by atoms with Crippen molar-refractivity contribution in [2.75, 3.05) is 53.9 Å². The van der Waals surface area contributed by atoms with Gasteiger partial charge in [-0.25, -0.2) is 0 Å². The number of nitrogens with zero attached hydrogens (tertiary/aromatic N) is 2. The van der Waals surface area contributed by atoms with Gasteiger partial charge >= 0.3 is 0 Å². The summed E-state index contributed by atoms with van der Waals surface area (Å²) in [5.74, 6) is 0.758. The van der Waals surface area contributed by atoms with Gasteiger partial charge in [-0.05, 0) is 43.9 Å². The predicted octanol–water partition coefficient (Wildman–Crippen LogP) is 2.80. The molecular weight excluding hydrogens is 342 g/mol. The second-order valence-corrected chi connectivity index (χ2v) is 6.71. The molecule has 27 heavy (non-hydrogen) atoms. The molecule has 146 valence electrons. The van der Waals surface area contributed by atoms with E-state index in [1.54, 1.807) is 32.4 Å². The first kappa shape index (κ1) is 20.6. The first-order valence-corrected chi connectivity index (χ1v) is 8.82. The number of benzene rings is 2. The van der Waals surface area contributed by atoms with E-state index >= 15 is 0 Å². The molecule has 6 nitrogen and oxygen atoms in total. The van der Waals surface area contributed by atoms with Crippen molar-refractivity contribution in [1.82, 2.24) is 10.2 Å². The third-order valence-corrected chi connectivity index (χ3v) is 4.53. The highest BCUT2D eigenvalue weighted by Gasteiger charge is 2.21. The van der Waals surface area contributed by atoms with E-state index in [4.69, 9.17) is 9.47 Å². The highest BCUT2D eigenvalue weighted by Crippen LogP contribution is 2.28. The molecule has 0 aromatic heterocycles. The zero-order valence-electron chi connectivity index (χ0n) is 16.9. The van der Waals surface area contributed by atoms with Crippen molar-refractivity contribution in [1.29, 1.82) is 0 Å². The van der Waals surface area contributed by atoms with Gasteiger partial charge in [0.25, 0.3) is 5.91 Å². The van der Waals surface area contributed by atoms with Crippen LogP contribution in [0.25, 0.3) is 0 Å². The molecule has 1 atom stereocenters. The molecule has 0 aliphatic rings. The summed E-state index contributed by atoms with van der Waals surface area (Å²) < 4.78 is 10.7. The van der Waals surface area contributed by atoms with E-state index in [0.29, 0.717) is 23.6 Å². The van der Waals surface area contributed by atoms with E-state index in [1.807, 2.05) is 28.2 Å². The van der Waals surface area contributed by atoms with Crippen molar-refractivity contribution >= 4 is 11.6 Å². The van der Waals surface area contributed by atoms with Gasteiger partial charge in [0.2, 0.25) is 0 Å². The normalized spacial score (nSPS) is 11.8. The minimum Gasteiger partial charge on any atom is -0.496 e. The van der Waals surface area contributed by atoms with Crippen LogP contribution in [0.4, 0.5) is 5.69 Å². The van der Waals surface area contributed by atoms with E-state index in [2.05, 4.69) is 39.4 Å². The average molecular weight is 371 g/mol. The van der Waals surface area contributed by atoms with Gasteiger partial charge < -0.3 is 24.6 Å². The Balaban J connectivity index is 2.18. The number of ether oxygens (including phenoxy) is 2. The molecule has 1 N–H and O–H groups in total. The summed E-state index contributed by atoms with van der Waals surface area (Å²) in [6, 6.07) is 13.7. The monoisotopic (exact) mass is 371 g/mol. The second-order valence-electron chi connectivity index (χ2n) is 6.71. The van der Waals surface area contributed by atoms with Crippen LogP contribution in [0.3, 0.4) is 0 Å². The van der Waals surface area contributed by atoms with Crippen LogP contribution >= 0.6 is 0 Å². The fourth-order valence-electron chi connectivity index (χ4n) is 2.95. The summed E-state index contributed by atoms with van der Waals surface area (Å²) in [7, 11) is 11.1. The lowest BCUT2D eigenvalue weighted by Gasteiger charge is -2.26. The number of methoxy groups -OCH3 is 2. The topological polar surface area (TPSA) is 54.0 Å². The Morgan fingerprint density at radius 1 is 0.963 bits per heavy atom. The Morgan fingerprint density at radius 2 is 1.52 bits per heavy atom. The van der Waals surface area contributed by atoms with Crippen LogP contribution in [-0.2, 0) is 0 Å². The maximum Gasteiger partial charge on any atom is 0.258 e. The maximum absolute atomic E-state index is 12.8. The molecule has 2 aromatic carbocycles. The number of hydrogen-bond acceptors (Lipinski definition) is 5. The van der Waals surface area contributed by atoms with Gasteiger partial charge in [0, 0.05) is 26.3 Å². The average Bonchev–Trinajstić information content (AvgIpc) is 2.67. The van der Waals surface area contributed by atoms with Crippen molar-refractivity contribution in [2.45, 2.75) is 6.04 Å². The first-order valence-electron chi connectivity index (χ1n) is 8.82. The van der Waals surface area contributed by atoms with Crippen molar-refractivity contribution in [3.05, 3.63) is 53.6 Å². The van der Waals surface area contributed by atoms with Gasteiger partial charge in [-0.1, -0.05) is 18.2 Å². The summed E-state index contributed by atoms with van der Waals surface area (Å²) in [4.78, 5) is 17.0. The number of rotatable bonds is 8. The van der Waals surface area contributed by atoms with E-state index in [1.165, 1.54) is 0 Å². The molecule has 0 aliphatic heterocycles. The van der Waals surface area contributed by atoms with Crippen LogP contribution in [0.5, 0.6) is 11.5 Å². The minimum absolute atomic E-state index is 0.0471. The Hall–Kier alpha value is -2.73. The molecule has 0 aliphatic carbocycles. The molecule has 0 radical (unpaired) electrons. The Bertz CT molecular complexity index is 736. The number of likely N-dealkylation sites (N-methyl/N-ethyl adjacent to an activating group) is 1. The summed E-state index contributed by atoms with van der Waals surface area (Å²) in [5.41, 5.74) is 2.68. The van der Waals surface area contributed by atoms with Crippen molar-refractivity contribution < 1.29 is 14.3 Å². The van der Waals surface area contributed by atoms with E-state index in [-0.39, 0.29) is 11.9 Å². The molecular formula is C21H29N3O3. The van der Waals surface area contributed by atoms with Gasteiger partial charge in [-0.2, -0.15) is 0 Å². The number of anilines is 1. The Labute approximate surface area is 161 Å². The highest BCUT2D eigenvalue weighted by atomic mass is 16.5. The van der Waals surface area contributed by atoms with Crippen LogP contribution < -0.4 is 19.7 Å². The molecule has 1 amide bonds. The van der Waals surface area contributed by atoms with Gasteiger partial charge in [0.1, 0.15) is 17.1 Å². The lowest BCUT2D eigenvalue weighted by molar-refractivity contribution is 0.0935. The predicted molar refractivity (Wildman–Crippen MR) is 109 cm³/mol. The fourth-order valence-corrected chi connectivity index (χ4v) is 2.95. The number of amides is 1. The molecule has 0 saturated carbocycles. The first-order chi connectivity index (χ1) is 12.9. The number of carbonyl (C=O) groups is 1. The van der Waals surface area contributed by atoms with Crippen LogP contribution in [0, 0.1) is 0 Å². The van der Waals surface area contributed by atoms with Gasteiger partial charge in [-0.15, -0.1) is 0 Å². The highest BCUT2D eigenvalue weighted by molar-refractivity contribution is 5.99. The van der Waals surface area contributed by atoms with E-state index < -0.39 is 0 Å². The maximum atomic E-state index is 12.8. The van der Waals surface area contributed by atoms with Gasteiger partial charge in [0.05, 0.1) is 20.3 Å². The molecule has 0 saturated heterocycles. The summed E-state index contributed by atoms with van der Waals surface area (Å²) in [6.07, 6.45) is 0. The molecule has 0 bridgehead atoms. The third-order valence-electron chi connectivity index (χ3n) is 4.53. The standard InChI is InChI=1S/C21H29N3O3/c1-23(2)16-12-10-15(11-13-16)17(24(3)4)14-22-21(25)20-18(26-5)8-7-9-19(20)27-6/h7-13,17H,14H2,1-6H3,(H,22,25)/t17-/m1/s1. The summed E-state index contributed by atoms with van der Waals surface area (Å²) in [6.45, 7) is 0.467. The molecule has 0 fully saturated rings. The second kappa shape index (κ2) is 9.28. The molecule has 0 heterocycles. The summed E-state index contributed by atoms with van der Waals surface area (Å²) >= 11 is 0. The fraction of sp³-hybridized carbons (Fsp3) is 0.381. The quantitative estimate of drug-likeness (QED) is 0.773. The largest absolute Gasteiger partial charge is 0.496 e. The van der Waals surface area contributed by atoms with Crippen molar-refractivity contribution in [3.63, 3.8) is 0 Å². The lowest BCUT2D eigenvalue weighted by Crippen LogP contribution is -2.34. The van der Waals surface area contributed by atoms with Gasteiger partial charge in [-0.3, -0.25) is 4.79 Å². The van der Waals surface area contributed by atoms with Crippen molar-refractivity contribution in [2.24, 2.45) is 0 Å². The SMILES string of the molecule is COc1cccc(OC)c1C(=O)NC[C@H](c1ccc(N(C)C)cc1)N(C)C. The molecule has 6 heteroatoms. The number of hydrogen-bond donors (Lipinski definition) is 1. The molecule has 0 spiro atoms. The van der Waals surface area contributed by atoms with Gasteiger partial charge in [0.15, 0.2) is 0 Å². The smallest absolute Gasteiger partial charge is 0.258 e. The number of nitrogens with one attached hydrogen (secondary N) is 1. The minimum atomic E-state index is -0.221. The lowest BCUT2D eigenvalue weighted by atomic mass is 10.0. The van der Waals surface area contributed by atoms with E-state index in [9.17, 15) is 4.79 Å². The van der Waals surface area contributed by atoms with Crippen LogP contribution in [0.1, 0.15) is 22.0 Å². The number of carbonyl (C=O) groups excluding carboxylic acids is 1. The zero-order valence-corrected chi connectivity index (χ0v) is 16.9. The van der Waals surface area contributed by atoms with Crippen molar-refractivity contribution in [3.8, 4) is 11.5 Å².